The van der Waals surface area contributed by atoms with Crippen LogP contribution in [0.15, 0.2) is 0 Å². The van der Waals surface area contributed by atoms with Crippen LogP contribution in [0.25, 0.3) is 0 Å². The van der Waals surface area contributed by atoms with Crippen LogP contribution in [0.1, 0.15) is 26.7 Å². The molecule has 47 valence electrons. The van der Waals surface area contributed by atoms with Crippen LogP contribution in [-0.4, -0.2) is 0 Å². The molecular weight excluding hydrogens is 231 g/mol. The predicted molar refractivity (Wildman–Crippen MR) is 29.4 cm³/mol. The Balaban J connectivity index is 0. The summed E-state index contributed by atoms with van der Waals surface area (Å²) in [7, 11) is 0. The minimum absolute atomic E-state index is 0. The van der Waals surface area contributed by atoms with Crippen molar-refractivity contribution in [2.75, 3.05) is 0 Å². The molecule has 0 aliphatic carbocycles. The average molecular weight is 244 g/mol. The summed E-state index contributed by atoms with van der Waals surface area (Å²) in [5.41, 5.74) is 0. The van der Waals surface area contributed by atoms with Gasteiger partial charge in [-0.05, 0) is 0 Å². The van der Waals surface area contributed by atoms with E-state index in [2.05, 4.69) is 20.8 Å². The Morgan fingerprint density at radius 2 is 2.00 bits per heavy atom. The van der Waals surface area contributed by atoms with E-state index >= 15 is 0 Å². The van der Waals surface area contributed by atoms with Crippen molar-refractivity contribution in [3.63, 3.8) is 0 Å². The first-order valence-corrected chi connectivity index (χ1v) is 2.60. The van der Waals surface area contributed by atoms with Crippen molar-refractivity contribution in [1.29, 1.82) is 0 Å². The van der Waals surface area contributed by atoms with E-state index in [0.29, 0.717) is 0 Å². The molecule has 0 aliphatic heterocycles. The molecule has 0 bridgehead atoms. The molecule has 1 atom stereocenters. The molecular formula is C6H13Tb-. The molecule has 0 N–H and O–H groups in total. The second kappa shape index (κ2) is 7.29. The van der Waals surface area contributed by atoms with E-state index in [4.69, 9.17) is 0 Å². The van der Waals surface area contributed by atoms with Crippen LogP contribution in [0.4, 0.5) is 0 Å². The van der Waals surface area contributed by atoms with Gasteiger partial charge in [-0.15, -0.1) is 0 Å². The van der Waals surface area contributed by atoms with E-state index < -0.39 is 0 Å². The summed E-state index contributed by atoms with van der Waals surface area (Å²) in [6, 6.07) is 0. The van der Waals surface area contributed by atoms with E-state index in [1.807, 2.05) is 0 Å². The summed E-state index contributed by atoms with van der Waals surface area (Å²) in [6.07, 6.45) is 2.35. The minimum Gasteiger partial charge on any atom is -0.343 e. The number of rotatable bonds is 2. The molecule has 1 heteroatoms. The molecule has 1 unspecified atom stereocenters. The monoisotopic (exact) mass is 244 g/mol. The zero-order valence-electron chi connectivity index (χ0n) is 5.03. The predicted octanol–water partition coefficient (Wildman–Crippen LogP) is 2.26. The summed E-state index contributed by atoms with van der Waals surface area (Å²) < 4.78 is 0. The van der Waals surface area contributed by atoms with Crippen LogP contribution in [0.2, 0.25) is 0 Å². The van der Waals surface area contributed by atoms with Gasteiger partial charge >= 0.3 is 0 Å². The van der Waals surface area contributed by atoms with Crippen LogP contribution in [-0.2, 0) is 0 Å². The molecule has 1 radical (unpaired) electrons. The Hall–Kier alpha value is 1.29. The maximum Gasteiger partial charge on any atom is 0 e. The Bertz CT molecular complexity index is 23.4. The Labute approximate surface area is 77.5 Å². The first kappa shape index (κ1) is 11.1. The van der Waals surface area contributed by atoms with E-state index in [-0.39, 0.29) is 38.6 Å². The van der Waals surface area contributed by atoms with Gasteiger partial charge in [0.1, 0.15) is 0 Å². The van der Waals surface area contributed by atoms with Gasteiger partial charge in [0, 0.05) is 38.6 Å². The Kier molecular flexibility index (Phi) is 11.6. The summed E-state index contributed by atoms with van der Waals surface area (Å²) in [4.78, 5) is 0. The van der Waals surface area contributed by atoms with Crippen molar-refractivity contribution in [3.8, 4) is 0 Å². The second-order valence-electron chi connectivity index (χ2n) is 1.80. The van der Waals surface area contributed by atoms with Gasteiger partial charge in [0.15, 0.2) is 0 Å². The largest absolute Gasteiger partial charge is 0.343 e. The number of hydrogen-bond acceptors (Lipinski definition) is 0. The van der Waals surface area contributed by atoms with Crippen molar-refractivity contribution < 1.29 is 38.6 Å². The molecule has 0 rings (SSSR count). The quantitative estimate of drug-likeness (QED) is 0.653. The fraction of sp³-hybridized carbons (Fsp3) is 0.833. The third-order valence-electron chi connectivity index (χ3n) is 1.19. The zero-order valence-corrected chi connectivity index (χ0v) is 7.17. The third kappa shape index (κ3) is 7.29. The zero-order chi connectivity index (χ0) is 4.99. The van der Waals surface area contributed by atoms with Crippen molar-refractivity contribution in [3.05, 3.63) is 6.92 Å². The normalized spacial score (nSPS) is 12.4. The topological polar surface area (TPSA) is 0 Å². The van der Waals surface area contributed by atoms with Crippen LogP contribution in [0.3, 0.4) is 0 Å². The summed E-state index contributed by atoms with van der Waals surface area (Å²) in [5, 5.41) is 0. The van der Waals surface area contributed by atoms with E-state index in [0.717, 1.165) is 12.3 Å². The fourth-order valence-electron chi connectivity index (χ4n) is 0.204. The molecule has 0 saturated carbocycles. The van der Waals surface area contributed by atoms with Crippen molar-refractivity contribution >= 4 is 0 Å². The first-order valence-electron chi connectivity index (χ1n) is 2.60. The number of hydrogen-bond donors (Lipinski definition) is 0. The maximum atomic E-state index is 3.76. The van der Waals surface area contributed by atoms with Crippen LogP contribution in [0, 0.1) is 51.5 Å². The molecule has 0 aromatic rings. The van der Waals surface area contributed by atoms with Gasteiger partial charge in [-0.2, -0.15) is 6.42 Å². The SMILES string of the molecule is [CH2-]CC(C)CC.[Tb]. The average Bonchev–Trinajstić information content (AvgIpc) is 1.65. The van der Waals surface area contributed by atoms with Gasteiger partial charge in [0.2, 0.25) is 0 Å². The van der Waals surface area contributed by atoms with E-state index in [1.54, 1.807) is 0 Å². The van der Waals surface area contributed by atoms with E-state index in [1.165, 1.54) is 6.42 Å². The second-order valence-corrected chi connectivity index (χ2v) is 1.80. The van der Waals surface area contributed by atoms with Gasteiger partial charge in [-0.25, -0.2) is 0 Å². The van der Waals surface area contributed by atoms with Gasteiger partial charge in [-0.3, -0.25) is 0 Å². The van der Waals surface area contributed by atoms with Gasteiger partial charge in [0.25, 0.3) is 0 Å². The van der Waals surface area contributed by atoms with Gasteiger partial charge in [-0.1, -0.05) is 26.2 Å². The Morgan fingerprint density at radius 1 is 1.57 bits per heavy atom. The summed E-state index contributed by atoms with van der Waals surface area (Å²) in [5.74, 6) is 0.824. The molecule has 0 saturated heterocycles. The van der Waals surface area contributed by atoms with E-state index in [9.17, 15) is 0 Å². The van der Waals surface area contributed by atoms with Gasteiger partial charge in [0.05, 0.1) is 0 Å². The Morgan fingerprint density at radius 3 is 2.00 bits per heavy atom. The van der Waals surface area contributed by atoms with Crippen LogP contribution >= 0.6 is 0 Å². The summed E-state index contributed by atoms with van der Waals surface area (Å²) in [6.45, 7) is 8.16. The van der Waals surface area contributed by atoms with Crippen molar-refractivity contribution in [2.45, 2.75) is 26.7 Å². The minimum atomic E-state index is 0. The van der Waals surface area contributed by atoms with Crippen LogP contribution in [0.5, 0.6) is 0 Å². The summed E-state index contributed by atoms with van der Waals surface area (Å²) >= 11 is 0. The van der Waals surface area contributed by atoms with Crippen LogP contribution < -0.4 is 0 Å². The molecule has 0 nitrogen and oxygen atoms in total. The fourth-order valence-corrected chi connectivity index (χ4v) is 0.204. The smallest absolute Gasteiger partial charge is 0 e. The third-order valence-corrected chi connectivity index (χ3v) is 1.19. The van der Waals surface area contributed by atoms with Crippen molar-refractivity contribution in [2.24, 2.45) is 5.92 Å². The molecule has 0 fully saturated rings. The van der Waals surface area contributed by atoms with Gasteiger partial charge < -0.3 is 6.92 Å². The molecule has 0 heterocycles. The first-order chi connectivity index (χ1) is 2.81. The molecule has 0 spiro atoms. The molecule has 0 amide bonds. The van der Waals surface area contributed by atoms with Crippen molar-refractivity contribution in [1.82, 2.24) is 0 Å². The molecule has 7 heavy (non-hydrogen) atoms. The molecule has 0 aromatic heterocycles. The molecule has 0 aliphatic rings. The molecule has 0 aromatic carbocycles. The maximum absolute atomic E-state index is 3.76. The standard InChI is InChI=1S/C6H13.Tb/c1-4-6(3)5-2;/h6H,1,4-5H2,2-3H3;/q-1;.